The molecule has 2 atom stereocenters. The zero-order valence-electron chi connectivity index (χ0n) is 15.7. The van der Waals surface area contributed by atoms with Gasteiger partial charge < -0.3 is 10.2 Å². The minimum absolute atomic E-state index is 0.0213. The maximum Gasteiger partial charge on any atom is 0.238 e. The van der Waals surface area contributed by atoms with Gasteiger partial charge >= 0.3 is 0 Å². The number of nitrogens with zero attached hydrogens (tertiary/aromatic N) is 2. The first-order valence-electron chi connectivity index (χ1n) is 9.72. The molecule has 2 aromatic rings. The lowest BCUT2D eigenvalue weighted by Crippen LogP contribution is -2.51. The molecule has 1 aliphatic heterocycles. The number of hydrogen-bond acceptors (Lipinski definition) is 3. The van der Waals surface area contributed by atoms with Crippen molar-refractivity contribution in [1.29, 1.82) is 0 Å². The van der Waals surface area contributed by atoms with Gasteiger partial charge in [-0.05, 0) is 36.1 Å². The first-order chi connectivity index (χ1) is 13.6. The predicted octanol–water partition coefficient (Wildman–Crippen LogP) is 3.23. The molecule has 2 aromatic carbocycles. The standard InChI is InChI=1S/C22H24ClN3O2/c23-20-9-5-4-8-17(20)18-14-19(18)22(28)26-12-10-25(11-13-26)15-21(27)24-16-6-2-1-3-7-16/h1-9,18-19H,10-15H2,(H,24,27). The van der Waals surface area contributed by atoms with E-state index in [0.717, 1.165) is 35.8 Å². The van der Waals surface area contributed by atoms with E-state index < -0.39 is 0 Å². The number of halogens is 1. The van der Waals surface area contributed by atoms with Gasteiger partial charge in [0.15, 0.2) is 0 Å². The number of piperazine rings is 1. The second-order valence-corrected chi connectivity index (χ2v) is 7.89. The number of carbonyl (C=O) groups is 2. The third kappa shape index (κ3) is 4.37. The summed E-state index contributed by atoms with van der Waals surface area (Å²) in [5.74, 6) is 0.494. The van der Waals surface area contributed by atoms with Gasteiger partial charge in [-0.1, -0.05) is 48.0 Å². The Morgan fingerprint density at radius 2 is 1.64 bits per heavy atom. The molecular formula is C22H24ClN3O2. The van der Waals surface area contributed by atoms with Gasteiger partial charge in [0.1, 0.15) is 0 Å². The van der Waals surface area contributed by atoms with Crippen molar-refractivity contribution in [2.75, 3.05) is 38.0 Å². The van der Waals surface area contributed by atoms with Crippen LogP contribution < -0.4 is 5.32 Å². The fraction of sp³-hybridized carbons (Fsp3) is 0.364. The molecule has 0 aromatic heterocycles. The van der Waals surface area contributed by atoms with E-state index >= 15 is 0 Å². The maximum atomic E-state index is 12.8. The summed E-state index contributed by atoms with van der Waals surface area (Å²) in [5, 5.41) is 3.65. The van der Waals surface area contributed by atoms with E-state index in [9.17, 15) is 9.59 Å². The molecule has 146 valence electrons. The highest BCUT2D eigenvalue weighted by Crippen LogP contribution is 2.50. The Morgan fingerprint density at radius 3 is 2.36 bits per heavy atom. The monoisotopic (exact) mass is 397 g/mol. The molecule has 28 heavy (non-hydrogen) atoms. The van der Waals surface area contributed by atoms with Crippen molar-refractivity contribution in [3.8, 4) is 0 Å². The number of carbonyl (C=O) groups excluding carboxylic acids is 2. The van der Waals surface area contributed by atoms with Gasteiger partial charge in [-0.2, -0.15) is 0 Å². The quantitative estimate of drug-likeness (QED) is 0.842. The maximum absolute atomic E-state index is 12.8. The van der Waals surface area contributed by atoms with Gasteiger partial charge in [-0.3, -0.25) is 14.5 Å². The average molecular weight is 398 g/mol. The molecule has 6 heteroatoms. The van der Waals surface area contributed by atoms with E-state index in [1.807, 2.05) is 59.5 Å². The highest BCUT2D eigenvalue weighted by Gasteiger charge is 2.46. The Hall–Kier alpha value is -2.37. The normalized spacial score (nSPS) is 22.0. The summed E-state index contributed by atoms with van der Waals surface area (Å²) >= 11 is 6.27. The van der Waals surface area contributed by atoms with Crippen LogP contribution in [0.25, 0.3) is 0 Å². The molecule has 0 bridgehead atoms. The fourth-order valence-corrected chi connectivity index (χ4v) is 4.15. The Labute approximate surface area is 170 Å². The van der Waals surface area contributed by atoms with Crippen LogP contribution in [0.15, 0.2) is 54.6 Å². The second-order valence-electron chi connectivity index (χ2n) is 7.49. The van der Waals surface area contributed by atoms with Crippen LogP contribution in [-0.4, -0.2) is 54.3 Å². The van der Waals surface area contributed by atoms with Crippen LogP contribution in [0.4, 0.5) is 5.69 Å². The minimum Gasteiger partial charge on any atom is -0.340 e. The Balaban J connectivity index is 1.24. The van der Waals surface area contributed by atoms with Gasteiger partial charge in [-0.25, -0.2) is 0 Å². The highest BCUT2D eigenvalue weighted by atomic mass is 35.5. The summed E-state index contributed by atoms with van der Waals surface area (Å²) in [6, 6.07) is 17.3. The molecule has 0 spiro atoms. The number of rotatable bonds is 5. The Bertz CT molecular complexity index is 850. The number of amides is 2. The van der Waals surface area contributed by atoms with Crippen LogP contribution in [-0.2, 0) is 9.59 Å². The zero-order valence-corrected chi connectivity index (χ0v) is 16.4. The summed E-state index contributed by atoms with van der Waals surface area (Å²) in [5.41, 5.74) is 1.89. The summed E-state index contributed by atoms with van der Waals surface area (Å²) in [6.45, 7) is 3.13. The van der Waals surface area contributed by atoms with E-state index in [1.165, 1.54) is 0 Å². The molecule has 1 saturated carbocycles. The zero-order chi connectivity index (χ0) is 19.5. The Kier molecular flexibility index (Phi) is 5.64. The lowest BCUT2D eigenvalue weighted by molar-refractivity contribution is -0.134. The van der Waals surface area contributed by atoms with Gasteiger partial charge in [-0.15, -0.1) is 0 Å². The molecule has 1 saturated heterocycles. The number of nitrogens with one attached hydrogen (secondary N) is 1. The lowest BCUT2D eigenvalue weighted by Gasteiger charge is -2.34. The van der Waals surface area contributed by atoms with Gasteiger partial charge in [0.05, 0.1) is 6.54 Å². The number of benzene rings is 2. The van der Waals surface area contributed by atoms with Crippen molar-refractivity contribution >= 4 is 29.1 Å². The average Bonchev–Trinajstić information content (AvgIpc) is 3.50. The van der Waals surface area contributed by atoms with Gasteiger partial charge in [0.25, 0.3) is 0 Å². The second kappa shape index (κ2) is 8.33. The van der Waals surface area contributed by atoms with E-state index in [2.05, 4.69) is 10.2 Å². The van der Waals surface area contributed by atoms with E-state index in [1.54, 1.807) is 0 Å². The van der Waals surface area contributed by atoms with Crippen molar-refractivity contribution < 1.29 is 9.59 Å². The summed E-state index contributed by atoms with van der Waals surface area (Å²) in [7, 11) is 0. The fourth-order valence-electron chi connectivity index (χ4n) is 3.87. The SMILES string of the molecule is O=C(CN1CCN(C(=O)C2CC2c2ccccc2Cl)CC1)Nc1ccccc1. The predicted molar refractivity (Wildman–Crippen MR) is 110 cm³/mol. The number of para-hydroxylation sites is 1. The van der Waals surface area contributed by atoms with Crippen LogP contribution in [0.2, 0.25) is 5.02 Å². The molecule has 2 aliphatic rings. The number of anilines is 1. The van der Waals surface area contributed by atoms with Crippen LogP contribution in [0.3, 0.4) is 0 Å². The molecular weight excluding hydrogens is 374 g/mol. The van der Waals surface area contributed by atoms with E-state index in [-0.39, 0.29) is 23.7 Å². The summed E-state index contributed by atoms with van der Waals surface area (Å²) in [4.78, 5) is 29.0. The highest BCUT2D eigenvalue weighted by molar-refractivity contribution is 6.31. The van der Waals surface area contributed by atoms with Crippen LogP contribution >= 0.6 is 11.6 Å². The first-order valence-corrected chi connectivity index (χ1v) is 10.1. The molecule has 1 heterocycles. The molecule has 1 aliphatic carbocycles. The van der Waals surface area contributed by atoms with Crippen molar-refractivity contribution in [1.82, 2.24) is 9.80 Å². The van der Waals surface area contributed by atoms with Crippen LogP contribution in [0.5, 0.6) is 0 Å². The van der Waals surface area contributed by atoms with Crippen LogP contribution in [0.1, 0.15) is 17.9 Å². The third-order valence-corrected chi connectivity index (χ3v) is 5.87. The summed E-state index contributed by atoms with van der Waals surface area (Å²) < 4.78 is 0. The number of hydrogen-bond donors (Lipinski definition) is 1. The largest absolute Gasteiger partial charge is 0.340 e. The van der Waals surface area contributed by atoms with Crippen LogP contribution in [0, 0.1) is 5.92 Å². The smallest absolute Gasteiger partial charge is 0.238 e. The summed E-state index contributed by atoms with van der Waals surface area (Å²) in [6.07, 6.45) is 0.877. The topological polar surface area (TPSA) is 52.7 Å². The van der Waals surface area contributed by atoms with E-state index in [4.69, 9.17) is 11.6 Å². The molecule has 2 fully saturated rings. The molecule has 0 radical (unpaired) electrons. The van der Waals surface area contributed by atoms with E-state index in [0.29, 0.717) is 19.6 Å². The molecule has 4 rings (SSSR count). The van der Waals surface area contributed by atoms with Crippen molar-refractivity contribution in [2.24, 2.45) is 5.92 Å². The molecule has 2 amide bonds. The minimum atomic E-state index is -0.0213. The van der Waals surface area contributed by atoms with Crippen molar-refractivity contribution in [3.63, 3.8) is 0 Å². The molecule has 2 unspecified atom stereocenters. The van der Waals surface area contributed by atoms with Gasteiger partial charge in [0.2, 0.25) is 11.8 Å². The molecule has 1 N–H and O–H groups in total. The lowest BCUT2D eigenvalue weighted by atomic mass is 10.1. The third-order valence-electron chi connectivity index (χ3n) is 5.52. The van der Waals surface area contributed by atoms with Crippen molar-refractivity contribution in [2.45, 2.75) is 12.3 Å². The Morgan fingerprint density at radius 1 is 0.964 bits per heavy atom. The first kappa shape index (κ1) is 19.0. The van der Waals surface area contributed by atoms with Crippen molar-refractivity contribution in [3.05, 3.63) is 65.2 Å². The molecule has 5 nitrogen and oxygen atoms in total. The van der Waals surface area contributed by atoms with Gasteiger partial charge in [0, 0.05) is 42.8 Å².